The van der Waals surface area contributed by atoms with Gasteiger partial charge in [0.25, 0.3) is 0 Å². The van der Waals surface area contributed by atoms with Gasteiger partial charge in [-0.3, -0.25) is 4.18 Å². The van der Waals surface area contributed by atoms with E-state index in [0.29, 0.717) is 0 Å². The van der Waals surface area contributed by atoms with Gasteiger partial charge < -0.3 is 0 Å². The third kappa shape index (κ3) is 1.38. The molecule has 1 saturated heterocycles. The fourth-order valence-electron chi connectivity index (χ4n) is 0.735. The van der Waals surface area contributed by atoms with Crippen molar-refractivity contribution in [1.29, 1.82) is 0 Å². The maximum absolute atomic E-state index is 5.19. The summed E-state index contributed by atoms with van der Waals surface area (Å²) in [5, 5.41) is 0. The van der Waals surface area contributed by atoms with Gasteiger partial charge >= 0.3 is 0 Å². The summed E-state index contributed by atoms with van der Waals surface area (Å²) in [4.78, 5) is 0. The Morgan fingerprint density at radius 2 is 2.20 bits per heavy atom. The van der Waals surface area contributed by atoms with Crippen LogP contribution in [0.15, 0.2) is 0 Å². The van der Waals surface area contributed by atoms with Crippen LogP contribution in [0, 0.1) is 30.6 Å². The molecule has 1 fully saturated rings. The fourth-order valence-corrected chi connectivity index (χ4v) is 2.49. The van der Waals surface area contributed by atoms with Gasteiger partial charge in [0.2, 0.25) is 0 Å². The summed E-state index contributed by atoms with van der Waals surface area (Å²) < 4.78 is 5.18. The van der Waals surface area contributed by atoms with Gasteiger partial charge in [0.1, 0.15) is 6.10 Å². The molecular weight excluding hydrogens is 164 g/mol. The molecule has 1 aliphatic rings. The summed E-state index contributed by atoms with van der Waals surface area (Å²) >= 11 is 4.90. The molecule has 0 aromatic rings. The minimum absolute atomic E-state index is 0.0332. The Kier molecular flexibility index (Phi) is 2.45. The summed E-state index contributed by atoms with van der Waals surface area (Å²) in [6.45, 7) is 0. The van der Waals surface area contributed by atoms with Crippen LogP contribution in [0.3, 0.4) is 0 Å². The minimum atomic E-state index is -0.434. The van der Waals surface area contributed by atoms with Crippen molar-refractivity contribution in [1.82, 2.24) is 0 Å². The Balaban J connectivity index is 2.71. The van der Waals surface area contributed by atoms with E-state index in [-0.39, 0.29) is 12.0 Å². The average molecular weight is 170 g/mol. The van der Waals surface area contributed by atoms with Gasteiger partial charge in [-0.15, -0.1) is 12.8 Å². The predicted molar refractivity (Wildman–Crippen MR) is 45.6 cm³/mol. The van der Waals surface area contributed by atoms with E-state index < -0.39 is 9.74 Å². The molecule has 0 radical (unpaired) electrons. The molecule has 0 amide bonds. The SMILES string of the molecule is C#CC1CS(=S)OC1C#C. The lowest BCUT2D eigenvalue weighted by Crippen LogP contribution is -2.12. The molecule has 0 spiro atoms. The van der Waals surface area contributed by atoms with Crippen LogP contribution in [0.2, 0.25) is 0 Å². The predicted octanol–water partition coefficient (Wildman–Crippen LogP) is 0.263. The van der Waals surface area contributed by atoms with Crippen LogP contribution in [-0.4, -0.2) is 11.9 Å². The van der Waals surface area contributed by atoms with E-state index in [1.165, 1.54) is 0 Å². The lowest BCUT2D eigenvalue weighted by molar-refractivity contribution is 0.297. The molecule has 0 bridgehead atoms. The first-order chi connectivity index (χ1) is 4.77. The van der Waals surface area contributed by atoms with E-state index in [4.69, 9.17) is 28.2 Å². The molecule has 1 nitrogen and oxygen atoms in total. The van der Waals surface area contributed by atoms with Gasteiger partial charge in [-0.25, -0.2) is 0 Å². The van der Waals surface area contributed by atoms with Gasteiger partial charge in [0, 0.05) is 15.5 Å². The smallest absolute Gasteiger partial charge is 0.147 e. The normalized spacial score (nSPS) is 38.4. The van der Waals surface area contributed by atoms with Crippen LogP contribution in [0.5, 0.6) is 0 Å². The molecule has 3 unspecified atom stereocenters. The highest BCUT2D eigenvalue weighted by molar-refractivity contribution is 8.26. The van der Waals surface area contributed by atoms with Crippen LogP contribution in [0.25, 0.3) is 0 Å². The van der Waals surface area contributed by atoms with E-state index >= 15 is 0 Å². The molecule has 10 heavy (non-hydrogen) atoms. The fraction of sp³-hybridized carbons (Fsp3) is 0.429. The molecule has 0 aromatic heterocycles. The van der Waals surface area contributed by atoms with Gasteiger partial charge in [-0.1, -0.05) is 11.8 Å². The third-order valence-corrected chi connectivity index (χ3v) is 2.97. The molecule has 3 atom stereocenters. The van der Waals surface area contributed by atoms with E-state index in [2.05, 4.69) is 11.8 Å². The van der Waals surface area contributed by atoms with Crippen LogP contribution in [-0.2, 0) is 25.1 Å². The highest BCUT2D eigenvalue weighted by Gasteiger charge is 2.27. The van der Waals surface area contributed by atoms with Crippen LogP contribution in [0.1, 0.15) is 0 Å². The number of rotatable bonds is 0. The van der Waals surface area contributed by atoms with E-state index in [1.54, 1.807) is 0 Å². The Labute approximate surface area is 67.9 Å². The quantitative estimate of drug-likeness (QED) is 0.482. The second-order valence-corrected chi connectivity index (χ2v) is 4.18. The van der Waals surface area contributed by atoms with Gasteiger partial charge in [-0.05, 0) is 11.2 Å². The summed E-state index contributed by atoms with van der Waals surface area (Å²) in [7, 11) is -0.434. The van der Waals surface area contributed by atoms with Crippen LogP contribution < -0.4 is 0 Å². The van der Waals surface area contributed by atoms with Crippen molar-refractivity contribution in [2.24, 2.45) is 5.92 Å². The lowest BCUT2D eigenvalue weighted by Gasteiger charge is -2.01. The molecular formula is C7H6OS2. The highest BCUT2D eigenvalue weighted by Crippen LogP contribution is 2.18. The Hall–Kier alpha value is -0.350. The first kappa shape index (κ1) is 7.75. The maximum Gasteiger partial charge on any atom is 0.147 e. The zero-order valence-electron chi connectivity index (χ0n) is 5.24. The molecule has 0 N–H and O–H groups in total. The Morgan fingerprint density at radius 3 is 2.60 bits per heavy atom. The van der Waals surface area contributed by atoms with E-state index in [9.17, 15) is 0 Å². The molecule has 3 heteroatoms. The maximum atomic E-state index is 5.19. The zero-order valence-corrected chi connectivity index (χ0v) is 6.87. The highest BCUT2D eigenvalue weighted by atomic mass is 32.8. The largest absolute Gasteiger partial charge is 0.295 e. The first-order valence-electron chi connectivity index (χ1n) is 2.75. The Morgan fingerprint density at radius 1 is 1.50 bits per heavy atom. The van der Waals surface area contributed by atoms with Crippen molar-refractivity contribution in [2.75, 3.05) is 5.75 Å². The number of hydrogen-bond donors (Lipinski definition) is 0. The molecule has 0 aromatic carbocycles. The Bertz CT molecular complexity index is 209. The summed E-state index contributed by atoms with van der Waals surface area (Å²) in [6, 6.07) is 0. The molecule has 1 aliphatic heterocycles. The molecule has 1 heterocycles. The van der Waals surface area contributed by atoms with Crippen LogP contribution >= 0.6 is 0 Å². The van der Waals surface area contributed by atoms with Crippen molar-refractivity contribution < 1.29 is 4.18 Å². The van der Waals surface area contributed by atoms with Gasteiger partial charge in [0.05, 0.1) is 5.92 Å². The standard InChI is InChI=1S/C7H6OS2/c1-3-6-5-10(9)8-7(6)4-2/h1-2,6-7H,5H2. The van der Waals surface area contributed by atoms with E-state index in [1.807, 2.05) is 0 Å². The van der Waals surface area contributed by atoms with Crippen molar-refractivity contribution in [2.45, 2.75) is 6.10 Å². The number of hydrogen-bond acceptors (Lipinski definition) is 2. The minimum Gasteiger partial charge on any atom is -0.295 e. The summed E-state index contributed by atoms with van der Waals surface area (Å²) in [5.41, 5.74) is 0. The molecule has 52 valence electrons. The summed E-state index contributed by atoms with van der Waals surface area (Å²) in [5.74, 6) is 5.81. The molecule has 1 rings (SSSR count). The second kappa shape index (κ2) is 3.16. The third-order valence-electron chi connectivity index (χ3n) is 1.27. The van der Waals surface area contributed by atoms with Crippen LogP contribution in [0.4, 0.5) is 0 Å². The summed E-state index contributed by atoms with van der Waals surface area (Å²) in [6.07, 6.45) is 10.1. The van der Waals surface area contributed by atoms with E-state index in [0.717, 1.165) is 5.75 Å². The first-order valence-corrected chi connectivity index (χ1v) is 5.00. The van der Waals surface area contributed by atoms with Crippen molar-refractivity contribution in [3.8, 4) is 24.7 Å². The topological polar surface area (TPSA) is 9.23 Å². The molecule has 0 aliphatic carbocycles. The second-order valence-electron chi connectivity index (χ2n) is 1.93. The average Bonchev–Trinajstić information content (AvgIpc) is 2.30. The monoisotopic (exact) mass is 170 g/mol. The number of terminal acetylenes is 2. The van der Waals surface area contributed by atoms with Crippen molar-refractivity contribution in [3.63, 3.8) is 0 Å². The molecule has 0 saturated carbocycles. The van der Waals surface area contributed by atoms with Gasteiger partial charge in [-0.2, -0.15) is 0 Å². The van der Waals surface area contributed by atoms with Crippen molar-refractivity contribution in [3.05, 3.63) is 0 Å². The van der Waals surface area contributed by atoms with Crippen molar-refractivity contribution >= 4 is 20.9 Å². The van der Waals surface area contributed by atoms with Gasteiger partial charge in [0.15, 0.2) is 0 Å². The lowest BCUT2D eigenvalue weighted by atomic mass is 10.1. The zero-order chi connectivity index (χ0) is 7.56.